The molecule has 0 saturated heterocycles. The van der Waals surface area contributed by atoms with E-state index in [9.17, 15) is 9.90 Å². The van der Waals surface area contributed by atoms with Crippen molar-refractivity contribution in [1.82, 2.24) is 0 Å². The smallest absolute Gasteiger partial charge is 0.315 e. The first-order chi connectivity index (χ1) is 16.0. The van der Waals surface area contributed by atoms with Crippen molar-refractivity contribution in [3.8, 4) is 0 Å². The number of aliphatic hydroxyl groups is 1. The van der Waals surface area contributed by atoms with Gasteiger partial charge in [-0.3, -0.25) is 4.79 Å². The van der Waals surface area contributed by atoms with Crippen LogP contribution >= 0.6 is 11.8 Å². The second kappa shape index (κ2) is 19.4. The maximum Gasteiger partial charge on any atom is 0.315 e. The number of esters is 1. The molecule has 0 amide bonds. The van der Waals surface area contributed by atoms with Gasteiger partial charge in [0.05, 0.1) is 18.1 Å². The highest BCUT2D eigenvalue weighted by Gasteiger charge is 2.26. The highest BCUT2D eigenvalue weighted by molar-refractivity contribution is 8.00. The van der Waals surface area contributed by atoms with Gasteiger partial charge < -0.3 is 9.84 Å². The zero-order valence-electron chi connectivity index (χ0n) is 22.0. The van der Waals surface area contributed by atoms with Gasteiger partial charge in [0.25, 0.3) is 0 Å². The number of ether oxygens (including phenoxy) is 1. The van der Waals surface area contributed by atoms with Crippen molar-refractivity contribution in [2.75, 3.05) is 18.1 Å². The molecule has 4 heteroatoms. The topological polar surface area (TPSA) is 46.5 Å². The molecule has 0 aromatic rings. The molecule has 1 aliphatic carbocycles. The third kappa shape index (κ3) is 16.4. The van der Waals surface area contributed by atoms with Crippen LogP contribution in [0.2, 0.25) is 0 Å². The number of allylic oxidation sites excluding steroid dienone is 3. The van der Waals surface area contributed by atoms with Gasteiger partial charge in [-0.05, 0) is 18.9 Å². The predicted molar refractivity (Wildman–Crippen MR) is 145 cm³/mol. The van der Waals surface area contributed by atoms with Crippen LogP contribution in [0, 0.1) is 5.41 Å². The standard InChI is InChI=1S/C29H52O3S/c1-4-5-6-7-8-9-10-11-12-13-14-15-16-17-18-19-22-32-28(31)25-33-24-26-20-21-27(30)29(2,3)23-26/h20-21,30H,4-19,22-25H2,1-3H3. The molecule has 0 aromatic heterocycles. The van der Waals surface area contributed by atoms with Gasteiger partial charge in [0.2, 0.25) is 0 Å². The fourth-order valence-corrected chi connectivity index (χ4v) is 5.19. The maximum atomic E-state index is 11.9. The second-order valence-electron chi connectivity index (χ2n) is 10.5. The lowest BCUT2D eigenvalue weighted by atomic mass is 9.81. The number of aliphatic hydroxyl groups excluding tert-OH is 1. The normalized spacial score (nSPS) is 15.2. The molecule has 0 fully saturated rings. The molecule has 1 rings (SSSR count). The first kappa shape index (κ1) is 30.1. The molecular formula is C29H52O3S. The monoisotopic (exact) mass is 480 g/mol. The van der Waals surface area contributed by atoms with Crippen LogP contribution < -0.4 is 0 Å². The van der Waals surface area contributed by atoms with Gasteiger partial charge in [-0.2, -0.15) is 0 Å². The third-order valence-electron chi connectivity index (χ3n) is 6.61. The summed E-state index contributed by atoms with van der Waals surface area (Å²) in [7, 11) is 0. The molecule has 0 aromatic carbocycles. The van der Waals surface area contributed by atoms with Crippen LogP contribution in [0.4, 0.5) is 0 Å². The Balaban J connectivity index is 1.81. The predicted octanol–water partition coefficient (Wildman–Crippen LogP) is 9.32. The molecule has 0 atom stereocenters. The zero-order chi connectivity index (χ0) is 24.2. The Morgan fingerprint density at radius 1 is 0.848 bits per heavy atom. The molecule has 0 heterocycles. The van der Waals surface area contributed by atoms with E-state index in [1.54, 1.807) is 17.8 Å². The van der Waals surface area contributed by atoms with Crippen molar-refractivity contribution in [2.45, 2.75) is 130 Å². The number of thioether (sulfide) groups is 1. The van der Waals surface area contributed by atoms with Crippen molar-refractivity contribution >= 4 is 17.7 Å². The van der Waals surface area contributed by atoms with Crippen molar-refractivity contribution in [3.63, 3.8) is 0 Å². The summed E-state index contributed by atoms with van der Waals surface area (Å²) in [6, 6.07) is 0. The quantitative estimate of drug-likeness (QED) is 0.131. The Kier molecular flexibility index (Phi) is 17.7. The summed E-state index contributed by atoms with van der Waals surface area (Å²) < 4.78 is 5.38. The van der Waals surface area contributed by atoms with Gasteiger partial charge in [-0.1, -0.05) is 129 Å². The Morgan fingerprint density at radius 2 is 1.33 bits per heavy atom. The van der Waals surface area contributed by atoms with Crippen LogP contribution in [0.15, 0.2) is 23.5 Å². The summed E-state index contributed by atoms with van der Waals surface area (Å²) in [6.45, 7) is 6.93. The van der Waals surface area contributed by atoms with Gasteiger partial charge in [-0.15, -0.1) is 11.8 Å². The van der Waals surface area contributed by atoms with E-state index in [4.69, 9.17) is 4.74 Å². The minimum Gasteiger partial charge on any atom is -0.512 e. The minimum atomic E-state index is -0.196. The lowest BCUT2D eigenvalue weighted by Gasteiger charge is -2.28. The lowest BCUT2D eigenvalue weighted by molar-refractivity contribution is -0.140. The lowest BCUT2D eigenvalue weighted by Crippen LogP contribution is -2.19. The molecule has 0 unspecified atom stereocenters. The summed E-state index contributed by atoms with van der Waals surface area (Å²) in [6.07, 6.45) is 26.2. The highest BCUT2D eigenvalue weighted by atomic mass is 32.2. The fourth-order valence-electron chi connectivity index (χ4n) is 4.38. The summed E-state index contributed by atoms with van der Waals surface area (Å²) in [5.41, 5.74) is 1.08. The van der Waals surface area contributed by atoms with E-state index in [0.29, 0.717) is 18.1 Å². The molecule has 1 aliphatic rings. The van der Waals surface area contributed by atoms with Gasteiger partial charge in [0, 0.05) is 11.2 Å². The average Bonchev–Trinajstić information content (AvgIpc) is 2.78. The van der Waals surface area contributed by atoms with Crippen LogP contribution in [-0.4, -0.2) is 29.2 Å². The molecule has 1 N–H and O–H groups in total. The number of rotatable bonds is 21. The summed E-state index contributed by atoms with van der Waals surface area (Å²) in [5.74, 6) is 1.57. The van der Waals surface area contributed by atoms with Gasteiger partial charge in [0.15, 0.2) is 0 Å². The third-order valence-corrected chi connectivity index (χ3v) is 7.62. The molecule has 192 valence electrons. The second-order valence-corrected chi connectivity index (χ2v) is 11.4. The number of unbranched alkanes of at least 4 members (excludes halogenated alkanes) is 15. The van der Waals surface area contributed by atoms with Crippen LogP contribution in [0.1, 0.15) is 130 Å². The first-order valence-electron chi connectivity index (χ1n) is 13.8. The van der Waals surface area contributed by atoms with Gasteiger partial charge in [0.1, 0.15) is 0 Å². The van der Waals surface area contributed by atoms with E-state index in [-0.39, 0.29) is 11.4 Å². The maximum absolute atomic E-state index is 11.9. The highest BCUT2D eigenvalue weighted by Crippen LogP contribution is 2.36. The molecule has 33 heavy (non-hydrogen) atoms. The van der Waals surface area contributed by atoms with E-state index in [2.05, 4.69) is 6.92 Å². The minimum absolute atomic E-state index is 0.102. The van der Waals surface area contributed by atoms with Crippen molar-refractivity contribution in [3.05, 3.63) is 23.5 Å². The van der Waals surface area contributed by atoms with Gasteiger partial charge in [-0.25, -0.2) is 0 Å². The van der Waals surface area contributed by atoms with Crippen LogP contribution in [0.25, 0.3) is 0 Å². The van der Waals surface area contributed by atoms with E-state index < -0.39 is 0 Å². The first-order valence-corrected chi connectivity index (χ1v) is 14.9. The Morgan fingerprint density at radius 3 is 1.82 bits per heavy atom. The van der Waals surface area contributed by atoms with Gasteiger partial charge >= 0.3 is 5.97 Å². The summed E-state index contributed by atoms with van der Waals surface area (Å²) in [5, 5.41) is 9.88. The van der Waals surface area contributed by atoms with E-state index in [0.717, 1.165) is 25.0 Å². The van der Waals surface area contributed by atoms with Crippen LogP contribution in [0.5, 0.6) is 0 Å². The Hall–Kier alpha value is -0.900. The number of carbonyl (C=O) groups excluding carboxylic acids is 1. The van der Waals surface area contributed by atoms with Crippen molar-refractivity contribution in [2.24, 2.45) is 5.41 Å². The molecule has 0 radical (unpaired) electrons. The van der Waals surface area contributed by atoms with E-state index in [1.807, 2.05) is 19.9 Å². The number of carbonyl (C=O) groups is 1. The number of hydrogen-bond donors (Lipinski definition) is 1. The Labute approximate surface area is 209 Å². The van der Waals surface area contributed by atoms with E-state index in [1.165, 1.54) is 95.5 Å². The molecule has 0 spiro atoms. The molecule has 0 saturated carbocycles. The number of hydrogen-bond acceptors (Lipinski definition) is 4. The molecule has 0 bridgehead atoms. The Bertz CT molecular complexity index is 565. The zero-order valence-corrected chi connectivity index (χ0v) is 22.8. The van der Waals surface area contributed by atoms with E-state index >= 15 is 0 Å². The van der Waals surface area contributed by atoms with Crippen LogP contribution in [0.3, 0.4) is 0 Å². The largest absolute Gasteiger partial charge is 0.512 e. The molecular weight excluding hydrogens is 428 g/mol. The molecule has 0 aliphatic heterocycles. The fraction of sp³-hybridized carbons (Fsp3) is 0.828. The van der Waals surface area contributed by atoms with Crippen LogP contribution in [-0.2, 0) is 9.53 Å². The summed E-state index contributed by atoms with van der Waals surface area (Å²) >= 11 is 1.61. The summed E-state index contributed by atoms with van der Waals surface area (Å²) in [4.78, 5) is 11.9. The van der Waals surface area contributed by atoms with Crippen molar-refractivity contribution in [1.29, 1.82) is 0 Å². The van der Waals surface area contributed by atoms with Crippen molar-refractivity contribution < 1.29 is 14.6 Å². The molecule has 3 nitrogen and oxygen atoms in total. The SMILES string of the molecule is CCCCCCCCCCCCCCCCCCOC(=O)CSCC1=CC=C(O)C(C)(C)C1. The average molecular weight is 481 g/mol.